The van der Waals surface area contributed by atoms with E-state index in [2.05, 4.69) is 15.0 Å². The number of imidazole rings is 1. The van der Waals surface area contributed by atoms with Crippen LogP contribution in [0, 0.1) is 6.92 Å². The van der Waals surface area contributed by atoms with Crippen molar-refractivity contribution in [2.75, 3.05) is 20.3 Å². The van der Waals surface area contributed by atoms with Gasteiger partial charge in [0, 0.05) is 31.9 Å². The van der Waals surface area contributed by atoms with E-state index in [0.717, 1.165) is 23.0 Å². The Morgan fingerprint density at radius 2 is 2.04 bits per heavy atom. The lowest BCUT2D eigenvalue weighted by Crippen LogP contribution is -2.06. The molecule has 1 unspecified atom stereocenters. The van der Waals surface area contributed by atoms with Crippen LogP contribution in [-0.4, -0.2) is 39.5 Å². The van der Waals surface area contributed by atoms with Gasteiger partial charge in [-0.15, -0.1) is 0 Å². The minimum absolute atomic E-state index is 0.392. The zero-order valence-corrected chi connectivity index (χ0v) is 14.4. The van der Waals surface area contributed by atoms with E-state index in [1.807, 2.05) is 31.2 Å². The summed E-state index contributed by atoms with van der Waals surface area (Å²) in [4.78, 5) is 11.8. The van der Waals surface area contributed by atoms with Crippen molar-refractivity contribution in [1.29, 1.82) is 0 Å². The molecule has 6 nitrogen and oxygen atoms in total. The van der Waals surface area contributed by atoms with Crippen molar-refractivity contribution in [3.8, 4) is 5.75 Å². The first-order valence-corrected chi connectivity index (χ1v) is 8.79. The summed E-state index contributed by atoms with van der Waals surface area (Å²) >= 11 is 0. The number of hydrogen-bond acceptors (Lipinski definition) is 5. The maximum absolute atomic E-state index is 12.8. The minimum atomic E-state index is -1.49. The molecule has 0 spiro atoms. The van der Waals surface area contributed by atoms with Crippen LogP contribution in [0.2, 0.25) is 0 Å². The molecule has 1 N–H and O–H groups in total. The third kappa shape index (κ3) is 3.47. The molecular formula is C17H19N3O3S. The zero-order valence-electron chi connectivity index (χ0n) is 13.6. The Bertz CT molecular complexity index is 830. The Labute approximate surface area is 142 Å². The number of nitrogens with one attached hydrogen (secondary N) is 1. The topological polar surface area (TPSA) is 77.1 Å². The number of para-hydroxylation sites is 2. The summed E-state index contributed by atoms with van der Waals surface area (Å²) in [5.74, 6) is 0.681. The van der Waals surface area contributed by atoms with E-state index in [0.29, 0.717) is 29.1 Å². The minimum Gasteiger partial charge on any atom is -0.493 e. The van der Waals surface area contributed by atoms with Gasteiger partial charge in [0.15, 0.2) is 0 Å². The first-order valence-electron chi connectivity index (χ1n) is 7.64. The normalized spacial score (nSPS) is 12.4. The maximum Gasteiger partial charge on any atom is 0.204 e. The van der Waals surface area contributed by atoms with Crippen LogP contribution in [0.5, 0.6) is 5.75 Å². The van der Waals surface area contributed by atoms with Gasteiger partial charge in [0.2, 0.25) is 5.16 Å². The van der Waals surface area contributed by atoms with Crippen molar-refractivity contribution in [3.63, 3.8) is 0 Å². The molecule has 3 rings (SSSR count). The molecule has 126 valence electrons. The lowest BCUT2D eigenvalue weighted by atomic mass is 10.3. The number of rotatable bonds is 7. The highest BCUT2D eigenvalue weighted by atomic mass is 32.2. The molecule has 0 fully saturated rings. The number of hydrogen-bond donors (Lipinski definition) is 1. The maximum atomic E-state index is 12.8. The molecular weight excluding hydrogens is 326 g/mol. The highest BCUT2D eigenvalue weighted by molar-refractivity contribution is 7.84. The first kappa shape index (κ1) is 16.6. The lowest BCUT2D eigenvalue weighted by molar-refractivity contribution is 0.171. The SMILES string of the molecule is COCCCOc1ccnc(S(=O)c2nc3ccccc3[nH]2)c1C. The van der Waals surface area contributed by atoms with Crippen LogP contribution in [0.15, 0.2) is 46.7 Å². The average Bonchev–Trinajstić information content (AvgIpc) is 3.03. The number of H-pyrrole nitrogens is 1. The summed E-state index contributed by atoms with van der Waals surface area (Å²) in [7, 11) is 0.166. The van der Waals surface area contributed by atoms with Gasteiger partial charge in [-0.25, -0.2) is 14.2 Å². The molecule has 0 saturated carbocycles. The lowest BCUT2D eigenvalue weighted by Gasteiger charge is -2.11. The Hall–Kier alpha value is -2.25. The molecule has 0 amide bonds. The largest absolute Gasteiger partial charge is 0.493 e. The van der Waals surface area contributed by atoms with Gasteiger partial charge in [0.25, 0.3) is 0 Å². The number of ether oxygens (including phenoxy) is 2. The van der Waals surface area contributed by atoms with Crippen LogP contribution in [0.1, 0.15) is 12.0 Å². The van der Waals surface area contributed by atoms with Crippen molar-refractivity contribution in [2.24, 2.45) is 0 Å². The second kappa shape index (κ2) is 7.55. The van der Waals surface area contributed by atoms with E-state index in [-0.39, 0.29) is 0 Å². The summed E-state index contributed by atoms with van der Waals surface area (Å²) in [6.45, 7) is 3.03. The summed E-state index contributed by atoms with van der Waals surface area (Å²) < 4.78 is 23.6. The van der Waals surface area contributed by atoms with Crippen molar-refractivity contribution in [2.45, 2.75) is 23.5 Å². The highest BCUT2D eigenvalue weighted by Crippen LogP contribution is 2.25. The zero-order chi connectivity index (χ0) is 16.9. The molecule has 0 saturated heterocycles. The van der Waals surface area contributed by atoms with Crippen LogP contribution < -0.4 is 4.74 Å². The highest BCUT2D eigenvalue weighted by Gasteiger charge is 2.18. The molecule has 0 aliphatic heterocycles. The van der Waals surface area contributed by atoms with Crippen molar-refractivity contribution < 1.29 is 13.7 Å². The summed E-state index contributed by atoms with van der Waals surface area (Å²) in [5.41, 5.74) is 2.39. The van der Waals surface area contributed by atoms with Gasteiger partial charge in [-0.05, 0) is 25.1 Å². The Kier molecular flexibility index (Phi) is 5.22. The molecule has 0 radical (unpaired) electrons. The number of aromatic amines is 1. The van der Waals surface area contributed by atoms with Crippen LogP contribution in [0.4, 0.5) is 0 Å². The van der Waals surface area contributed by atoms with E-state index in [4.69, 9.17) is 9.47 Å². The molecule has 0 aliphatic carbocycles. The van der Waals surface area contributed by atoms with E-state index >= 15 is 0 Å². The molecule has 3 aromatic rings. The first-order chi connectivity index (χ1) is 11.7. The fraction of sp³-hybridized carbons (Fsp3) is 0.294. The van der Waals surface area contributed by atoms with Gasteiger partial charge in [-0.1, -0.05) is 12.1 Å². The Morgan fingerprint density at radius 1 is 1.21 bits per heavy atom. The van der Waals surface area contributed by atoms with Gasteiger partial charge in [-0.3, -0.25) is 0 Å². The fourth-order valence-corrected chi connectivity index (χ4v) is 3.44. The second-order valence-corrected chi connectivity index (χ2v) is 6.57. The average molecular weight is 345 g/mol. The van der Waals surface area contributed by atoms with Gasteiger partial charge in [0.05, 0.1) is 17.6 Å². The molecule has 7 heteroatoms. The van der Waals surface area contributed by atoms with E-state index < -0.39 is 10.8 Å². The number of pyridine rings is 1. The number of fused-ring (bicyclic) bond motifs is 1. The van der Waals surface area contributed by atoms with Crippen molar-refractivity contribution in [1.82, 2.24) is 15.0 Å². The predicted octanol–water partition coefficient (Wildman–Crippen LogP) is 2.85. The number of methoxy groups -OCH3 is 1. The molecule has 1 aromatic carbocycles. The monoisotopic (exact) mass is 345 g/mol. The van der Waals surface area contributed by atoms with Crippen LogP contribution in [0.25, 0.3) is 11.0 Å². The molecule has 1 atom stereocenters. The second-order valence-electron chi connectivity index (χ2n) is 5.26. The standard InChI is InChI=1S/C17H19N3O3S/c1-12-15(23-11-5-10-22-2)8-9-18-16(12)24(21)17-19-13-6-3-4-7-14(13)20-17/h3-4,6-9H,5,10-11H2,1-2H3,(H,19,20). The Balaban J connectivity index is 1.84. The predicted molar refractivity (Wildman–Crippen MR) is 91.7 cm³/mol. The smallest absolute Gasteiger partial charge is 0.204 e. The number of benzene rings is 1. The third-order valence-corrected chi connectivity index (χ3v) is 4.88. The molecule has 0 bridgehead atoms. The Morgan fingerprint density at radius 3 is 2.83 bits per heavy atom. The number of aromatic nitrogens is 3. The summed E-state index contributed by atoms with van der Waals surface area (Å²) in [5, 5.41) is 0.849. The third-order valence-electron chi connectivity index (χ3n) is 3.58. The van der Waals surface area contributed by atoms with Crippen LogP contribution >= 0.6 is 0 Å². The molecule has 0 aliphatic rings. The quantitative estimate of drug-likeness (QED) is 0.666. The number of nitrogens with zero attached hydrogens (tertiary/aromatic N) is 2. The van der Waals surface area contributed by atoms with E-state index in [1.165, 1.54) is 0 Å². The molecule has 2 heterocycles. The van der Waals surface area contributed by atoms with E-state index in [9.17, 15) is 4.21 Å². The van der Waals surface area contributed by atoms with Gasteiger partial charge >= 0.3 is 0 Å². The van der Waals surface area contributed by atoms with Gasteiger partial charge in [0.1, 0.15) is 21.6 Å². The molecule has 24 heavy (non-hydrogen) atoms. The summed E-state index contributed by atoms with van der Waals surface area (Å²) in [6, 6.07) is 9.36. The van der Waals surface area contributed by atoms with Gasteiger partial charge < -0.3 is 14.5 Å². The van der Waals surface area contributed by atoms with Crippen molar-refractivity contribution in [3.05, 3.63) is 42.1 Å². The van der Waals surface area contributed by atoms with E-state index in [1.54, 1.807) is 19.4 Å². The van der Waals surface area contributed by atoms with Gasteiger partial charge in [-0.2, -0.15) is 0 Å². The molecule has 2 aromatic heterocycles. The van der Waals surface area contributed by atoms with Crippen LogP contribution in [0.3, 0.4) is 0 Å². The fourth-order valence-electron chi connectivity index (χ4n) is 2.34. The van der Waals surface area contributed by atoms with Crippen molar-refractivity contribution >= 4 is 21.8 Å². The summed E-state index contributed by atoms with van der Waals surface area (Å²) in [6.07, 6.45) is 2.40. The van der Waals surface area contributed by atoms with Crippen LogP contribution in [-0.2, 0) is 15.5 Å².